The number of hydrogen-bond acceptors (Lipinski definition) is 5. The molecule has 0 saturated carbocycles. The Morgan fingerprint density at radius 1 is 1.15 bits per heavy atom. The Balaban J connectivity index is 1.99. The largest absolute Gasteiger partial charge is 0.493 e. The third-order valence-electron chi connectivity index (χ3n) is 3.61. The predicted molar refractivity (Wildman–Crippen MR) is 78.8 cm³/mol. The minimum atomic E-state index is 0.594. The normalized spacial score (nSPS) is 18.1. The van der Waals surface area contributed by atoms with Gasteiger partial charge in [-0.05, 0) is 37.1 Å². The van der Waals surface area contributed by atoms with Gasteiger partial charge in [0.1, 0.15) is 0 Å². The van der Waals surface area contributed by atoms with Crippen LogP contribution in [0.1, 0.15) is 18.4 Å². The summed E-state index contributed by atoms with van der Waals surface area (Å²) in [5, 5.41) is 6.94. The molecule has 0 bridgehead atoms. The van der Waals surface area contributed by atoms with Crippen LogP contribution in [0.4, 0.5) is 0 Å². The van der Waals surface area contributed by atoms with E-state index in [1.165, 1.54) is 12.8 Å². The molecule has 5 nitrogen and oxygen atoms in total. The van der Waals surface area contributed by atoms with Crippen molar-refractivity contribution in [1.82, 2.24) is 10.6 Å². The van der Waals surface area contributed by atoms with Crippen LogP contribution in [0.5, 0.6) is 17.2 Å². The van der Waals surface area contributed by atoms with Crippen LogP contribution in [0.15, 0.2) is 12.1 Å². The fourth-order valence-corrected chi connectivity index (χ4v) is 2.56. The standard InChI is InChI=1S/C15H24N2O3/c1-18-13-7-11(8-14(19-2)15(13)20-3)9-16-10-12-5-4-6-17-12/h7-8,12,16-17H,4-6,9-10H2,1-3H3. The third-order valence-corrected chi connectivity index (χ3v) is 3.61. The molecule has 0 radical (unpaired) electrons. The number of hydrogen-bond donors (Lipinski definition) is 2. The van der Waals surface area contributed by atoms with Gasteiger partial charge >= 0.3 is 0 Å². The summed E-state index contributed by atoms with van der Waals surface area (Å²) in [6, 6.07) is 4.56. The molecule has 1 saturated heterocycles. The van der Waals surface area contributed by atoms with Crippen LogP contribution in [-0.2, 0) is 6.54 Å². The molecule has 1 fully saturated rings. The summed E-state index contributed by atoms with van der Waals surface area (Å²) in [6.07, 6.45) is 2.53. The van der Waals surface area contributed by atoms with Gasteiger partial charge in [0.25, 0.3) is 0 Å². The molecule has 1 aromatic carbocycles. The van der Waals surface area contributed by atoms with Crippen molar-refractivity contribution in [3.8, 4) is 17.2 Å². The SMILES string of the molecule is COc1cc(CNCC2CCCN2)cc(OC)c1OC. The number of methoxy groups -OCH3 is 3. The van der Waals surface area contributed by atoms with Crippen LogP contribution in [-0.4, -0.2) is 40.5 Å². The average molecular weight is 280 g/mol. The molecule has 0 aliphatic carbocycles. The number of rotatable bonds is 7. The predicted octanol–water partition coefficient (Wildman–Crippen LogP) is 1.55. The van der Waals surface area contributed by atoms with Crippen LogP contribution >= 0.6 is 0 Å². The molecule has 0 aromatic heterocycles. The van der Waals surface area contributed by atoms with E-state index in [0.717, 1.165) is 25.2 Å². The van der Waals surface area contributed by atoms with Gasteiger partial charge in [0.15, 0.2) is 11.5 Å². The van der Waals surface area contributed by atoms with Crippen molar-refractivity contribution in [1.29, 1.82) is 0 Å². The minimum Gasteiger partial charge on any atom is -0.493 e. The molecule has 20 heavy (non-hydrogen) atoms. The van der Waals surface area contributed by atoms with Crippen molar-refractivity contribution >= 4 is 0 Å². The van der Waals surface area contributed by atoms with Crippen molar-refractivity contribution in [2.75, 3.05) is 34.4 Å². The summed E-state index contributed by atoms with van der Waals surface area (Å²) in [7, 11) is 4.89. The monoisotopic (exact) mass is 280 g/mol. The fourth-order valence-electron chi connectivity index (χ4n) is 2.56. The Labute approximate surface area is 120 Å². The highest BCUT2D eigenvalue weighted by Crippen LogP contribution is 2.38. The molecule has 1 heterocycles. The van der Waals surface area contributed by atoms with Gasteiger partial charge in [-0.3, -0.25) is 0 Å². The van der Waals surface area contributed by atoms with E-state index in [-0.39, 0.29) is 0 Å². The van der Waals surface area contributed by atoms with Gasteiger partial charge in [0.2, 0.25) is 5.75 Å². The average Bonchev–Trinajstić information content (AvgIpc) is 2.99. The quantitative estimate of drug-likeness (QED) is 0.794. The molecular weight excluding hydrogens is 256 g/mol. The molecule has 0 spiro atoms. The number of ether oxygens (including phenoxy) is 3. The first kappa shape index (κ1) is 14.9. The molecule has 1 aliphatic rings. The fraction of sp³-hybridized carbons (Fsp3) is 0.600. The van der Waals surface area contributed by atoms with E-state index >= 15 is 0 Å². The van der Waals surface area contributed by atoms with Crippen LogP contribution < -0.4 is 24.8 Å². The summed E-state index contributed by atoms with van der Waals surface area (Å²) >= 11 is 0. The van der Waals surface area contributed by atoms with Gasteiger partial charge in [-0.15, -0.1) is 0 Å². The van der Waals surface area contributed by atoms with Gasteiger partial charge in [0.05, 0.1) is 21.3 Å². The second kappa shape index (κ2) is 7.36. The molecule has 112 valence electrons. The van der Waals surface area contributed by atoms with E-state index in [9.17, 15) is 0 Å². The summed E-state index contributed by atoms with van der Waals surface area (Å²) in [6.45, 7) is 2.90. The molecule has 1 aromatic rings. The topological polar surface area (TPSA) is 51.8 Å². The van der Waals surface area contributed by atoms with Crippen LogP contribution in [0.3, 0.4) is 0 Å². The first-order chi connectivity index (χ1) is 9.78. The summed E-state index contributed by atoms with van der Waals surface area (Å²) in [5.41, 5.74) is 1.12. The zero-order valence-corrected chi connectivity index (χ0v) is 12.5. The van der Waals surface area contributed by atoms with Gasteiger partial charge < -0.3 is 24.8 Å². The second-order valence-electron chi connectivity index (χ2n) is 4.96. The lowest BCUT2D eigenvalue weighted by Crippen LogP contribution is -2.33. The first-order valence-corrected chi connectivity index (χ1v) is 7.01. The zero-order valence-electron chi connectivity index (χ0n) is 12.5. The van der Waals surface area contributed by atoms with Gasteiger partial charge in [-0.25, -0.2) is 0 Å². The Morgan fingerprint density at radius 3 is 2.35 bits per heavy atom. The maximum Gasteiger partial charge on any atom is 0.203 e. The lowest BCUT2D eigenvalue weighted by molar-refractivity contribution is 0.323. The van der Waals surface area contributed by atoms with Crippen LogP contribution in [0.25, 0.3) is 0 Å². The van der Waals surface area contributed by atoms with E-state index in [1.54, 1.807) is 21.3 Å². The zero-order chi connectivity index (χ0) is 14.4. The molecule has 2 rings (SSSR count). The molecule has 1 aliphatic heterocycles. The molecule has 0 amide bonds. The van der Waals surface area contributed by atoms with Crippen molar-refractivity contribution in [3.05, 3.63) is 17.7 Å². The van der Waals surface area contributed by atoms with Crippen molar-refractivity contribution in [2.24, 2.45) is 0 Å². The maximum atomic E-state index is 5.35. The first-order valence-electron chi connectivity index (χ1n) is 7.01. The van der Waals surface area contributed by atoms with Crippen LogP contribution in [0, 0.1) is 0 Å². The molecule has 1 atom stereocenters. The number of benzene rings is 1. The highest BCUT2D eigenvalue weighted by atomic mass is 16.5. The molecule has 5 heteroatoms. The summed E-state index contributed by atoms with van der Waals surface area (Å²) in [5.74, 6) is 2.03. The summed E-state index contributed by atoms with van der Waals surface area (Å²) < 4.78 is 16.0. The smallest absolute Gasteiger partial charge is 0.203 e. The molecular formula is C15H24N2O3. The Bertz CT molecular complexity index is 406. The highest BCUT2D eigenvalue weighted by Gasteiger charge is 2.15. The van der Waals surface area contributed by atoms with Gasteiger partial charge in [-0.1, -0.05) is 0 Å². The van der Waals surface area contributed by atoms with E-state index < -0.39 is 0 Å². The second-order valence-corrected chi connectivity index (χ2v) is 4.96. The van der Waals surface area contributed by atoms with E-state index in [4.69, 9.17) is 14.2 Å². The van der Waals surface area contributed by atoms with E-state index in [0.29, 0.717) is 23.3 Å². The number of nitrogens with one attached hydrogen (secondary N) is 2. The lowest BCUT2D eigenvalue weighted by atomic mass is 10.1. The Kier molecular flexibility index (Phi) is 5.49. The van der Waals surface area contributed by atoms with Crippen molar-refractivity contribution in [3.63, 3.8) is 0 Å². The lowest BCUT2D eigenvalue weighted by Gasteiger charge is -2.15. The highest BCUT2D eigenvalue weighted by molar-refractivity contribution is 5.53. The van der Waals surface area contributed by atoms with Crippen molar-refractivity contribution in [2.45, 2.75) is 25.4 Å². The third kappa shape index (κ3) is 3.55. The van der Waals surface area contributed by atoms with E-state index in [1.807, 2.05) is 12.1 Å². The molecule has 1 unspecified atom stereocenters. The summed E-state index contributed by atoms with van der Waals surface area (Å²) in [4.78, 5) is 0. The Hall–Kier alpha value is -1.46. The van der Waals surface area contributed by atoms with E-state index in [2.05, 4.69) is 10.6 Å². The van der Waals surface area contributed by atoms with Crippen LogP contribution in [0.2, 0.25) is 0 Å². The van der Waals surface area contributed by atoms with Gasteiger partial charge in [-0.2, -0.15) is 0 Å². The van der Waals surface area contributed by atoms with Crippen molar-refractivity contribution < 1.29 is 14.2 Å². The minimum absolute atomic E-state index is 0.594. The van der Waals surface area contributed by atoms with Gasteiger partial charge in [0, 0.05) is 19.1 Å². The maximum absolute atomic E-state index is 5.35. The molecule has 2 N–H and O–H groups in total. The Morgan fingerprint density at radius 2 is 1.85 bits per heavy atom.